The molecule has 0 bridgehead atoms. The van der Waals surface area contributed by atoms with Crippen LogP contribution in [0, 0.1) is 17.2 Å². The lowest BCUT2D eigenvalue weighted by Crippen LogP contribution is -2.38. The second-order valence-electron chi connectivity index (χ2n) is 12.4. The summed E-state index contributed by atoms with van der Waals surface area (Å²) < 4.78 is 0. The highest BCUT2D eigenvalue weighted by molar-refractivity contribution is 5.99. The molecule has 0 spiro atoms. The molecule has 0 fully saturated rings. The molecule has 0 amide bonds. The number of nitriles is 1. The molecule has 0 saturated heterocycles. The van der Waals surface area contributed by atoms with E-state index in [1.807, 2.05) is 42.5 Å². The van der Waals surface area contributed by atoms with Gasteiger partial charge in [-0.15, -0.1) is 0 Å². The van der Waals surface area contributed by atoms with E-state index in [1.54, 1.807) is 6.07 Å². The Labute approximate surface area is 286 Å². The van der Waals surface area contributed by atoms with E-state index in [9.17, 15) is 5.26 Å². The number of rotatable bonds is 9. The Bertz CT molecular complexity index is 1840. The third-order valence-corrected chi connectivity index (χ3v) is 8.39. The molecule has 0 unspecified atom stereocenters. The summed E-state index contributed by atoms with van der Waals surface area (Å²) in [4.78, 5) is 9.53. The highest BCUT2D eigenvalue weighted by atomic mass is 15.3. The molecule has 2 heterocycles. The lowest BCUT2D eigenvalue weighted by Gasteiger charge is -2.27. The number of hydrogen-bond donors (Lipinski definition) is 1. The molecule has 3 aromatic carbocycles. The summed E-state index contributed by atoms with van der Waals surface area (Å²) in [5.41, 5.74) is 16.2. The Hall–Kier alpha value is -5.60. The topological polar surface area (TPSA) is 68.6 Å². The highest BCUT2D eigenvalue weighted by Gasteiger charge is 2.22. The Balaban J connectivity index is 1.55. The van der Waals surface area contributed by atoms with E-state index >= 15 is 0 Å². The third kappa shape index (κ3) is 8.80. The largest absolute Gasteiger partial charge is 0.369 e. The Morgan fingerprint density at radius 3 is 2.60 bits per heavy atom. The molecule has 2 aliphatic heterocycles. The van der Waals surface area contributed by atoms with Crippen molar-refractivity contribution in [3.63, 3.8) is 0 Å². The van der Waals surface area contributed by atoms with Gasteiger partial charge in [-0.3, -0.25) is 0 Å². The van der Waals surface area contributed by atoms with Crippen LogP contribution in [0.5, 0.6) is 0 Å². The van der Waals surface area contributed by atoms with Crippen molar-refractivity contribution in [1.29, 1.82) is 5.26 Å². The molecule has 0 saturated carbocycles. The minimum Gasteiger partial charge on any atom is -0.369 e. The Morgan fingerprint density at radius 2 is 1.81 bits per heavy atom. The molecule has 5 nitrogen and oxygen atoms in total. The molecule has 2 aliphatic rings. The van der Waals surface area contributed by atoms with Crippen molar-refractivity contribution in [1.82, 2.24) is 4.90 Å². The number of fused-ring (bicyclic) bond motifs is 1. The number of benzene rings is 3. The third-order valence-electron chi connectivity index (χ3n) is 8.39. The van der Waals surface area contributed by atoms with Gasteiger partial charge in [-0.05, 0) is 84.7 Å². The Morgan fingerprint density at radius 1 is 1.00 bits per heavy atom. The minimum atomic E-state index is 0.395. The van der Waals surface area contributed by atoms with Gasteiger partial charge >= 0.3 is 0 Å². The maximum absolute atomic E-state index is 9.61. The second-order valence-corrected chi connectivity index (χ2v) is 12.4. The van der Waals surface area contributed by atoms with Crippen molar-refractivity contribution in [3.8, 4) is 6.07 Å². The number of allylic oxidation sites excluding steroid dienone is 8. The first-order chi connectivity index (χ1) is 23.5. The summed E-state index contributed by atoms with van der Waals surface area (Å²) in [6.45, 7) is 9.79. The molecule has 0 aromatic heterocycles. The summed E-state index contributed by atoms with van der Waals surface area (Å²) in [5.74, 6) is 1.01. The van der Waals surface area contributed by atoms with Crippen LogP contribution >= 0.6 is 0 Å². The van der Waals surface area contributed by atoms with Gasteiger partial charge in [0.25, 0.3) is 0 Å². The summed E-state index contributed by atoms with van der Waals surface area (Å²) in [5, 5.41) is 9.61. The van der Waals surface area contributed by atoms with Crippen LogP contribution in [0.2, 0.25) is 0 Å². The number of guanidine groups is 1. The summed E-state index contributed by atoms with van der Waals surface area (Å²) in [6, 6.07) is 28.6. The fourth-order valence-corrected chi connectivity index (χ4v) is 5.96. The first kappa shape index (κ1) is 33.8. The van der Waals surface area contributed by atoms with Crippen molar-refractivity contribution >= 4 is 17.3 Å². The Kier molecular flexibility index (Phi) is 11.8. The maximum atomic E-state index is 9.61. The number of anilines is 1. The van der Waals surface area contributed by atoms with Crippen LogP contribution < -0.4 is 10.6 Å². The van der Waals surface area contributed by atoms with Gasteiger partial charge in [-0.1, -0.05) is 118 Å². The molecule has 0 atom stereocenters. The molecule has 242 valence electrons. The van der Waals surface area contributed by atoms with Crippen LogP contribution in [-0.4, -0.2) is 23.9 Å². The summed E-state index contributed by atoms with van der Waals surface area (Å²) in [7, 11) is 0. The number of nitrogens with two attached hydrogens (primary N) is 1. The monoisotopic (exact) mass is 631 g/mol. The molecular weight excluding hydrogens is 587 g/mol. The lowest BCUT2D eigenvalue weighted by molar-refractivity contribution is 0.496. The zero-order chi connectivity index (χ0) is 33.7. The fraction of sp³-hybridized carbons (Fsp3) is 0.209. The van der Waals surface area contributed by atoms with Crippen molar-refractivity contribution in [2.24, 2.45) is 16.6 Å². The smallest absolute Gasteiger partial charge is 0.201 e. The normalized spacial score (nSPS) is 17.0. The van der Waals surface area contributed by atoms with Crippen LogP contribution in [0.25, 0.3) is 5.70 Å². The molecule has 0 aliphatic carbocycles. The summed E-state index contributed by atoms with van der Waals surface area (Å²) >= 11 is 0. The molecule has 5 heteroatoms. The molecule has 3 aromatic rings. The van der Waals surface area contributed by atoms with E-state index in [1.165, 1.54) is 22.4 Å². The molecular formula is C43H45N5. The van der Waals surface area contributed by atoms with Gasteiger partial charge in [0.2, 0.25) is 5.96 Å². The van der Waals surface area contributed by atoms with Crippen LogP contribution in [-0.2, 0) is 12.8 Å². The highest BCUT2D eigenvalue weighted by Crippen LogP contribution is 2.32. The fourth-order valence-electron chi connectivity index (χ4n) is 5.96. The predicted molar refractivity (Wildman–Crippen MR) is 202 cm³/mol. The van der Waals surface area contributed by atoms with Crippen molar-refractivity contribution in [3.05, 3.63) is 179 Å². The lowest BCUT2D eigenvalue weighted by atomic mass is 9.98. The number of para-hydroxylation sites is 1. The summed E-state index contributed by atoms with van der Waals surface area (Å²) in [6.07, 6.45) is 22.8. The second kappa shape index (κ2) is 16.8. The van der Waals surface area contributed by atoms with Gasteiger partial charge in [0, 0.05) is 35.7 Å². The van der Waals surface area contributed by atoms with Gasteiger partial charge < -0.3 is 15.5 Å². The van der Waals surface area contributed by atoms with Gasteiger partial charge in [-0.2, -0.15) is 5.26 Å². The zero-order valence-corrected chi connectivity index (χ0v) is 28.1. The van der Waals surface area contributed by atoms with Crippen LogP contribution in [0.3, 0.4) is 0 Å². The quantitative estimate of drug-likeness (QED) is 0.145. The van der Waals surface area contributed by atoms with Crippen molar-refractivity contribution in [2.75, 3.05) is 18.0 Å². The molecule has 48 heavy (non-hydrogen) atoms. The van der Waals surface area contributed by atoms with Gasteiger partial charge in [0.05, 0.1) is 17.3 Å². The van der Waals surface area contributed by atoms with E-state index in [4.69, 9.17) is 10.7 Å². The van der Waals surface area contributed by atoms with Crippen molar-refractivity contribution in [2.45, 2.75) is 39.5 Å². The van der Waals surface area contributed by atoms with E-state index in [0.717, 1.165) is 48.5 Å². The number of nitrogens with zero attached hydrogens (tertiary/aromatic N) is 4. The molecule has 2 N–H and O–H groups in total. The average molecular weight is 632 g/mol. The maximum Gasteiger partial charge on any atom is 0.201 e. The first-order valence-corrected chi connectivity index (χ1v) is 16.7. The van der Waals surface area contributed by atoms with Gasteiger partial charge in [0.15, 0.2) is 0 Å². The predicted octanol–water partition coefficient (Wildman–Crippen LogP) is 9.26. The van der Waals surface area contributed by atoms with Crippen LogP contribution in [0.15, 0.2) is 162 Å². The molecule has 0 radical (unpaired) electrons. The van der Waals surface area contributed by atoms with E-state index in [-0.39, 0.29) is 0 Å². The first-order valence-electron chi connectivity index (χ1n) is 16.7. The van der Waals surface area contributed by atoms with Crippen LogP contribution in [0.4, 0.5) is 5.69 Å². The van der Waals surface area contributed by atoms with Crippen molar-refractivity contribution < 1.29 is 0 Å². The molecule has 5 rings (SSSR count). The number of hydrogen-bond acceptors (Lipinski definition) is 3. The van der Waals surface area contributed by atoms with E-state index in [0.29, 0.717) is 30.4 Å². The minimum absolute atomic E-state index is 0.395. The van der Waals surface area contributed by atoms with Crippen LogP contribution in [0.1, 0.15) is 48.9 Å². The standard InChI is InChI=1S/C43H45N5/c1-4-15-39-23-13-22-38-31-37-20-8-9-24-42(37)48(29-14-25-41(38)47(39)28-11-10-16-33(2)3)43(45)46-40(27-26-34-17-6-5-7-18-34)36-21-12-19-35(30-36)32-44/h4-15,17-21,23-25,27,30,33H,1,16,22,26,28-29,31H2,2-3H3,(H2,45,46)/b11-10-,25-14-,39-15+,40-27-. The number of aliphatic imine (C=N–C) groups is 1. The van der Waals surface area contributed by atoms with Gasteiger partial charge in [0.1, 0.15) is 0 Å². The zero-order valence-electron chi connectivity index (χ0n) is 28.1. The van der Waals surface area contributed by atoms with Gasteiger partial charge in [-0.25, -0.2) is 4.99 Å². The SMILES string of the molecule is C=C/C=C1\C=CCC2=C(/C=C\CN(C(N)=N/C(=C\Cc3ccccc3)c3cccc(C#N)c3)c3ccccc3C2)N1C/C=C\CC(C)C. The van der Waals surface area contributed by atoms with E-state index < -0.39 is 0 Å². The van der Waals surface area contributed by atoms with E-state index in [2.05, 4.69) is 121 Å². The average Bonchev–Trinajstić information content (AvgIpc) is 3.20.